The highest BCUT2D eigenvalue weighted by Gasteiger charge is 2.10. The molecule has 0 aliphatic rings. The van der Waals surface area contributed by atoms with Crippen LogP contribution in [0.3, 0.4) is 0 Å². The van der Waals surface area contributed by atoms with E-state index < -0.39 is 0 Å². The van der Waals surface area contributed by atoms with Crippen LogP contribution in [0.25, 0.3) is 21.3 Å². The van der Waals surface area contributed by atoms with Gasteiger partial charge in [-0.2, -0.15) is 0 Å². The molecule has 96 valence electrons. The minimum atomic E-state index is 0.553. The van der Waals surface area contributed by atoms with Crippen molar-refractivity contribution in [1.29, 1.82) is 0 Å². The van der Waals surface area contributed by atoms with Gasteiger partial charge < -0.3 is 0 Å². The molecular weight excluding hydrogens is 250 g/mol. The number of thiazole rings is 1. The number of hydrogen-bond donors (Lipinski definition) is 0. The Balaban J connectivity index is 2.06. The van der Waals surface area contributed by atoms with Crippen molar-refractivity contribution < 1.29 is 0 Å². The molecule has 19 heavy (non-hydrogen) atoms. The summed E-state index contributed by atoms with van der Waals surface area (Å²) in [5.74, 6) is 0.553. The Morgan fingerprint density at radius 1 is 1.05 bits per heavy atom. The van der Waals surface area contributed by atoms with Crippen molar-refractivity contribution in [3.05, 3.63) is 53.5 Å². The Kier molecular flexibility index (Phi) is 3.34. The fraction of sp³-hybridized carbons (Fsp3) is 0.235. The maximum absolute atomic E-state index is 4.79. The molecule has 1 unspecified atom stereocenters. The van der Waals surface area contributed by atoms with Gasteiger partial charge in [-0.3, -0.25) is 0 Å². The summed E-state index contributed by atoms with van der Waals surface area (Å²) in [6, 6.07) is 17.1. The molecule has 0 saturated heterocycles. The normalized spacial score (nSPS) is 12.7. The zero-order chi connectivity index (χ0) is 13.2. The molecule has 2 aromatic carbocycles. The van der Waals surface area contributed by atoms with Crippen LogP contribution in [0, 0.1) is 0 Å². The summed E-state index contributed by atoms with van der Waals surface area (Å²) < 4.78 is 1.29. The highest BCUT2D eigenvalue weighted by molar-refractivity contribution is 7.18. The van der Waals surface area contributed by atoms with Crippen LogP contribution in [0.1, 0.15) is 31.2 Å². The minimum absolute atomic E-state index is 0.553. The Bertz CT molecular complexity index is 685. The summed E-state index contributed by atoms with van der Waals surface area (Å²) in [4.78, 5) is 4.79. The first-order valence-corrected chi connectivity index (χ1v) is 7.55. The second-order valence-corrected chi connectivity index (χ2v) is 5.97. The molecule has 3 rings (SSSR count). The molecule has 2 heteroatoms. The summed E-state index contributed by atoms with van der Waals surface area (Å²) in [5, 5.41) is 1.25. The van der Waals surface area contributed by atoms with Gasteiger partial charge >= 0.3 is 0 Å². The zero-order valence-electron chi connectivity index (χ0n) is 11.3. The van der Waals surface area contributed by atoms with Crippen LogP contribution in [0.4, 0.5) is 0 Å². The van der Waals surface area contributed by atoms with Crippen molar-refractivity contribution in [3.8, 4) is 11.1 Å². The molecule has 1 aromatic heterocycles. The van der Waals surface area contributed by atoms with Crippen molar-refractivity contribution in [2.45, 2.75) is 26.2 Å². The second kappa shape index (κ2) is 5.14. The van der Waals surface area contributed by atoms with E-state index in [2.05, 4.69) is 56.3 Å². The van der Waals surface area contributed by atoms with Gasteiger partial charge in [0.15, 0.2) is 0 Å². The molecule has 0 spiro atoms. The third-order valence-corrected chi connectivity index (χ3v) is 4.81. The number of nitrogens with zero attached hydrogens (tertiary/aromatic N) is 1. The number of fused-ring (bicyclic) bond motifs is 1. The van der Waals surface area contributed by atoms with Crippen molar-refractivity contribution in [2.75, 3.05) is 0 Å². The van der Waals surface area contributed by atoms with Crippen LogP contribution >= 0.6 is 11.3 Å². The molecule has 1 atom stereocenters. The Labute approximate surface area is 117 Å². The van der Waals surface area contributed by atoms with E-state index in [0.717, 1.165) is 11.9 Å². The van der Waals surface area contributed by atoms with Crippen LogP contribution in [-0.4, -0.2) is 4.98 Å². The van der Waals surface area contributed by atoms with Crippen molar-refractivity contribution in [3.63, 3.8) is 0 Å². The summed E-state index contributed by atoms with van der Waals surface area (Å²) >= 11 is 1.82. The van der Waals surface area contributed by atoms with Crippen molar-refractivity contribution >= 4 is 21.6 Å². The lowest BCUT2D eigenvalue weighted by Gasteiger charge is -2.01. The molecule has 0 N–H and O–H groups in total. The first-order chi connectivity index (χ1) is 9.28. The molecule has 0 fully saturated rings. The summed E-state index contributed by atoms with van der Waals surface area (Å²) in [6.07, 6.45) is 1.14. The van der Waals surface area contributed by atoms with Crippen LogP contribution in [0.2, 0.25) is 0 Å². The van der Waals surface area contributed by atoms with Gasteiger partial charge in [0, 0.05) is 5.92 Å². The van der Waals surface area contributed by atoms with E-state index in [4.69, 9.17) is 4.98 Å². The van der Waals surface area contributed by atoms with E-state index in [-0.39, 0.29) is 0 Å². The van der Waals surface area contributed by atoms with Gasteiger partial charge in [0.1, 0.15) is 0 Å². The lowest BCUT2D eigenvalue weighted by atomic mass is 10.1. The number of rotatable bonds is 3. The summed E-state index contributed by atoms with van der Waals surface area (Å²) in [6.45, 7) is 4.46. The van der Waals surface area contributed by atoms with Gasteiger partial charge in [0.05, 0.1) is 15.2 Å². The molecule has 1 nitrogen and oxygen atoms in total. The molecule has 0 amide bonds. The van der Waals surface area contributed by atoms with E-state index >= 15 is 0 Å². The molecule has 0 saturated carbocycles. The minimum Gasteiger partial charge on any atom is -0.241 e. The maximum Gasteiger partial charge on any atom is 0.0966 e. The Morgan fingerprint density at radius 3 is 2.58 bits per heavy atom. The van der Waals surface area contributed by atoms with E-state index in [1.807, 2.05) is 17.4 Å². The lowest BCUT2D eigenvalue weighted by Crippen LogP contribution is -1.88. The third kappa shape index (κ3) is 2.41. The van der Waals surface area contributed by atoms with Gasteiger partial charge in [0.2, 0.25) is 0 Å². The fourth-order valence-electron chi connectivity index (χ4n) is 2.14. The third-order valence-electron chi connectivity index (χ3n) is 3.55. The Hall–Kier alpha value is -1.67. The molecule has 0 radical (unpaired) electrons. The van der Waals surface area contributed by atoms with Crippen LogP contribution in [-0.2, 0) is 0 Å². The molecule has 1 heterocycles. The van der Waals surface area contributed by atoms with Gasteiger partial charge in [-0.1, -0.05) is 50.2 Å². The predicted octanol–water partition coefficient (Wildman–Crippen LogP) is 5.48. The van der Waals surface area contributed by atoms with Gasteiger partial charge in [0.25, 0.3) is 0 Å². The quantitative estimate of drug-likeness (QED) is 0.612. The molecule has 0 aliphatic heterocycles. The topological polar surface area (TPSA) is 12.9 Å². The second-order valence-electron chi connectivity index (χ2n) is 4.91. The first kappa shape index (κ1) is 12.4. The largest absolute Gasteiger partial charge is 0.241 e. The molecule has 0 bridgehead atoms. The van der Waals surface area contributed by atoms with E-state index in [9.17, 15) is 0 Å². The standard InChI is InChI=1S/C17H17NS/c1-3-12(2)17-18-15-11-14(9-10-16(15)19-17)13-7-5-4-6-8-13/h4-12H,3H2,1-2H3. The van der Waals surface area contributed by atoms with Gasteiger partial charge in [-0.25, -0.2) is 4.98 Å². The number of hydrogen-bond acceptors (Lipinski definition) is 2. The van der Waals surface area contributed by atoms with Gasteiger partial charge in [-0.15, -0.1) is 11.3 Å². The molecular formula is C17H17NS. The van der Waals surface area contributed by atoms with E-state index in [1.165, 1.54) is 20.8 Å². The lowest BCUT2D eigenvalue weighted by molar-refractivity contribution is 0.729. The predicted molar refractivity (Wildman–Crippen MR) is 83.8 cm³/mol. The van der Waals surface area contributed by atoms with Crippen LogP contribution in [0.15, 0.2) is 48.5 Å². The average molecular weight is 267 g/mol. The highest BCUT2D eigenvalue weighted by Crippen LogP contribution is 2.31. The monoisotopic (exact) mass is 267 g/mol. The van der Waals surface area contributed by atoms with E-state index in [0.29, 0.717) is 5.92 Å². The van der Waals surface area contributed by atoms with Gasteiger partial charge in [-0.05, 0) is 29.7 Å². The summed E-state index contributed by atoms with van der Waals surface area (Å²) in [7, 11) is 0. The molecule has 0 aliphatic carbocycles. The van der Waals surface area contributed by atoms with Crippen molar-refractivity contribution in [1.82, 2.24) is 4.98 Å². The van der Waals surface area contributed by atoms with E-state index in [1.54, 1.807) is 0 Å². The zero-order valence-corrected chi connectivity index (χ0v) is 12.1. The summed E-state index contributed by atoms with van der Waals surface area (Å²) in [5.41, 5.74) is 3.62. The molecule has 3 aromatic rings. The van der Waals surface area contributed by atoms with Crippen LogP contribution in [0.5, 0.6) is 0 Å². The first-order valence-electron chi connectivity index (χ1n) is 6.74. The maximum atomic E-state index is 4.79. The van der Waals surface area contributed by atoms with Crippen LogP contribution < -0.4 is 0 Å². The number of benzene rings is 2. The number of aromatic nitrogens is 1. The average Bonchev–Trinajstić information content (AvgIpc) is 2.90. The SMILES string of the molecule is CCC(C)c1nc2cc(-c3ccccc3)ccc2s1. The smallest absolute Gasteiger partial charge is 0.0966 e. The fourth-order valence-corrected chi connectivity index (χ4v) is 3.22. The highest BCUT2D eigenvalue weighted by atomic mass is 32.1. The van der Waals surface area contributed by atoms with Crippen molar-refractivity contribution in [2.24, 2.45) is 0 Å². The Morgan fingerprint density at radius 2 is 1.84 bits per heavy atom.